The minimum Gasteiger partial charge on any atom is -0.481 e. The Morgan fingerprint density at radius 1 is 0.966 bits per heavy atom. The fourth-order valence-corrected chi connectivity index (χ4v) is 3.04. The number of ether oxygens (including phenoxy) is 1. The van der Waals surface area contributed by atoms with Crippen molar-refractivity contribution < 1.29 is 24.5 Å². The van der Waals surface area contributed by atoms with E-state index in [4.69, 9.17) is 9.84 Å². The third kappa shape index (κ3) is 8.35. The minimum absolute atomic E-state index is 0.0364. The highest BCUT2D eigenvalue weighted by Gasteiger charge is 2.29. The lowest BCUT2D eigenvalue weighted by molar-refractivity contribution is -0.150. The van der Waals surface area contributed by atoms with Gasteiger partial charge in [-0.3, -0.25) is 9.69 Å². The number of anilines is 1. The second kappa shape index (κ2) is 11.2. The Kier molecular flexibility index (Phi) is 8.68. The van der Waals surface area contributed by atoms with Gasteiger partial charge < -0.3 is 14.9 Å². The molecule has 0 spiro atoms. The van der Waals surface area contributed by atoms with Crippen LogP contribution in [0.4, 0.5) is 10.5 Å². The highest BCUT2D eigenvalue weighted by atomic mass is 16.7. The number of para-hydroxylation sites is 1. The Morgan fingerprint density at radius 2 is 1.59 bits per heavy atom. The normalized spacial score (nSPS) is 12.8. The van der Waals surface area contributed by atoms with Gasteiger partial charge >= 0.3 is 12.1 Å². The van der Waals surface area contributed by atoms with Gasteiger partial charge in [0.05, 0.1) is 6.42 Å². The van der Waals surface area contributed by atoms with Gasteiger partial charge in [0.15, 0.2) is 0 Å². The van der Waals surface area contributed by atoms with Gasteiger partial charge in [-0.25, -0.2) is 4.79 Å². The number of amides is 1. The Bertz CT molecular complexity index is 761. The number of nitrogens with zero attached hydrogens (tertiary/aromatic N) is 1. The number of carboxylic acid groups (broad SMARTS) is 1. The Balaban J connectivity index is 1.83. The van der Waals surface area contributed by atoms with Crippen LogP contribution >= 0.6 is 0 Å². The molecule has 0 fully saturated rings. The Morgan fingerprint density at radius 3 is 2.21 bits per heavy atom. The van der Waals surface area contributed by atoms with Crippen LogP contribution in [0.1, 0.15) is 44.6 Å². The van der Waals surface area contributed by atoms with Crippen LogP contribution < -0.4 is 4.90 Å². The van der Waals surface area contributed by atoms with E-state index in [0.717, 1.165) is 19.3 Å². The molecular formula is C23H29NO5. The first kappa shape index (κ1) is 22.4. The van der Waals surface area contributed by atoms with Crippen molar-refractivity contribution in [3.8, 4) is 0 Å². The van der Waals surface area contributed by atoms with Crippen molar-refractivity contribution in [2.75, 3.05) is 11.4 Å². The van der Waals surface area contributed by atoms with E-state index in [9.17, 15) is 14.7 Å². The van der Waals surface area contributed by atoms with Crippen LogP contribution in [0.2, 0.25) is 0 Å². The van der Waals surface area contributed by atoms with E-state index in [1.54, 1.807) is 30.3 Å². The molecule has 1 unspecified atom stereocenters. The number of aliphatic hydroxyl groups is 1. The predicted molar refractivity (Wildman–Crippen MR) is 112 cm³/mol. The third-order valence-corrected chi connectivity index (χ3v) is 4.59. The summed E-state index contributed by atoms with van der Waals surface area (Å²) in [5.41, 5.74) is 1.81. The summed E-state index contributed by atoms with van der Waals surface area (Å²) in [6.45, 7) is 1.42. The molecule has 0 saturated heterocycles. The summed E-state index contributed by atoms with van der Waals surface area (Å²) in [6, 6.07) is 18.9. The van der Waals surface area contributed by atoms with Gasteiger partial charge in [-0.05, 0) is 37.0 Å². The van der Waals surface area contributed by atoms with Crippen molar-refractivity contribution in [2.45, 2.75) is 51.2 Å². The smallest absolute Gasteiger partial charge is 0.416 e. The summed E-state index contributed by atoms with van der Waals surface area (Å²) in [5, 5.41) is 19.4. The summed E-state index contributed by atoms with van der Waals surface area (Å²) in [6.07, 6.45) is 2.92. The number of aliphatic carboxylic acids is 1. The summed E-state index contributed by atoms with van der Waals surface area (Å²) >= 11 is 0. The molecule has 0 aromatic heterocycles. The maximum absolute atomic E-state index is 12.6. The molecule has 29 heavy (non-hydrogen) atoms. The highest BCUT2D eigenvalue weighted by molar-refractivity contribution is 5.88. The van der Waals surface area contributed by atoms with Crippen LogP contribution in [0.3, 0.4) is 0 Å². The fourth-order valence-electron chi connectivity index (χ4n) is 3.04. The summed E-state index contributed by atoms with van der Waals surface area (Å²) in [7, 11) is 0. The highest BCUT2D eigenvalue weighted by Crippen LogP contribution is 2.21. The second-order valence-corrected chi connectivity index (χ2v) is 7.22. The Hall–Kier alpha value is -2.86. The number of unbranched alkanes of at least 4 members (excludes halogenated alkanes) is 2. The zero-order valence-corrected chi connectivity index (χ0v) is 16.8. The van der Waals surface area contributed by atoms with E-state index < -0.39 is 17.8 Å². The zero-order valence-electron chi connectivity index (χ0n) is 16.8. The molecule has 2 N–H and O–H groups in total. The summed E-state index contributed by atoms with van der Waals surface area (Å²) in [5.74, 6) is -2.62. The number of hydrogen-bond donors (Lipinski definition) is 2. The number of benzene rings is 2. The van der Waals surface area contributed by atoms with Crippen LogP contribution in [0.15, 0.2) is 60.7 Å². The monoisotopic (exact) mass is 399 g/mol. The van der Waals surface area contributed by atoms with Crippen LogP contribution in [0.25, 0.3) is 0 Å². The van der Waals surface area contributed by atoms with Crippen LogP contribution in [0, 0.1) is 0 Å². The summed E-state index contributed by atoms with van der Waals surface area (Å²) < 4.78 is 5.30. The predicted octanol–water partition coefficient (Wildman–Crippen LogP) is 4.62. The molecule has 0 saturated carbocycles. The number of carbonyl (C=O) groups excluding carboxylic acids is 1. The number of carboxylic acids is 1. The Labute approximate surface area is 171 Å². The molecule has 156 valence electrons. The van der Waals surface area contributed by atoms with E-state index >= 15 is 0 Å². The van der Waals surface area contributed by atoms with E-state index in [-0.39, 0.29) is 13.0 Å². The van der Waals surface area contributed by atoms with Crippen molar-refractivity contribution in [2.24, 2.45) is 0 Å². The topological polar surface area (TPSA) is 87.1 Å². The number of carbonyl (C=O) groups is 2. The minimum atomic E-state index is -1.61. The lowest BCUT2D eigenvalue weighted by atomic mass is 10.0. The molecule has 0 radical (unpaired) electrons. The van der Waals surface area contributed by atoms with Crippen molar-refractivity contribution >= 4 is 17.7 Å². The fraction of sp³-hybridized carbons (Fsp3) is 0.391. The molecule has 0 aliphatic carbocycles. The van der Waals surface area contributed by atoms with Crippen molar-refractivity contribution in [1.82, 2.24) is 0 Å². The average molecular weight is 399 g/mol. The number of hydrogen-bond acceptors (Lipinski definition) is 4. The van der Waals surface area contributed by atoms with Gasteiger partial charge in [0.1, 0.15) is 0 Å². The molecule has 0 heterocycles. The molecule has 6 nitrogen and oxygen atoms in total. The molecule has 0 aliphatic heterocycles. The first-order valence-corrected chi connectivity index (χ1v) is 9.91. The maximum Gasteiger partial charge on any atom is 0.416 e. The van der Waals surface area contributed by atoms with E-state index in [1.807, 2.05) is 18.2 Å². The van der Waals surface area contributed by atoms with E-state index in [1.165, 1.54) is 17.4 Å². The molecule has 6 heteroatoms. The molecule has 2 aromatic rings. The van der Waals surface area contributed by atoms with Crippen molar-refractivity contribution in [3.63, 3.8) is 0 Å². The quantitative estimate of drug-likeness (QED) is 0.425. The molecule has 0 aliphatic rings. The molecule has 2 aromatic carbocycles. The first-order chi connectivity index (χ1) is 13.9. The number of aryl methyl sites for hydroxylation is 1. The van der Waals surface area contributed by atoms with Gasteiger partial charge in [0, 0.05) is 25.6 Å². The number of rotatable bonds is 11. The van der Waals surface area contributed by atoms with E-state index in [2.05, 4.69) is 12.1 Å². The maximum atomic E-state index is 12.6. The van der Waals surface area contributed by atoms with Gasteiger partial charge in [0.2, 0.25) is 5.79 Å². The lowest BCUT2D eigenvalue weighted by Gasteiger charge is -2.28. The van der Waals surface area contributed by atoms with Gasteiger partial charge in [-0.2, -0.15) is 0 Å². The summed E-state index contributed by atoms with van der Waals surface area (Å²) in [4.78, 5) is 24.8. The largest absolute Gasteiger partial charge is 0.481 e. The zero-order chi connectivity index (χ0) is 21.1. The SMILES string of the molecule is CC(O)(CCCCCc1ccccc1)OC(=O)N(CCC(=O)O)c1ccccc1. The van der Waals surface area contributed by atoms with Crippen molar-refractivity contribution in [3.05, 3.63) is 66.2 Å². The standard InChI is InChI=1S/C23H29NO5/c1-23(28,17-10-4-7-13-19-11-5-2-6-12-19)29-22(27)24(18-16-21(25)26)20-14-8-3-9-15-20/h2-3,5-6,8-9,11-12,14-15,28H,4,7,10,13,16-18H2,1H3,(H,25,26). The van der Waals surface area contributed by atoms with Gasteiger partial charge in [-0.15, -0.1) is 0 Å². The van der Waals surface area contributed by atoms with Crippen LogP contribution in [-0.4, -0.2) is 34.6 Å². The molecule has 0 bridgehead atoms. The average Bonchev–Trinajstić information content (AvgIpc) is 2.69. The van der Waals surface area contributed by atoms with Crippen LogP contribution in [-0.2, 0) is 16.0 Å². The van der Waals surface area contributed by atoms with E-state index in [0.29, 0.717) is 18.5 Å². The molecule has 1 amide bonds. The first-order valence-electron chi connectivity index (χ1n) is 9.91. The second-order valence-electron chi connectivity index (χ2n) is 7.22. The van der Waals surface area contributed by atoms with Gasteiger partial charge in [-0.1, -0.05) is 55.0 Å². The van der Waals surface area contributed by atoms with Gasteiger partial charge in [0.25, 0.3) is 0 Å². The third-order valence-electron chi connectivity index (χ3n) is 4.59. The molecule has 1 atom stereocenters. The molecular weight excluding hydrogens is 370 g/mol. The lowest BCUT2D eigenvalue weighted by Crippen LogP contribution is -2.40. The molecule has 2 rings (SSSR count). The van der Waals surface area contributed by atoms with Crippen molar-refractivity contribution in [1.29, 1.82) is 0 Å². The van der Waals surface area contributed by atoms with Crippen LogP contribution in [0.5, 0.6) is 0 Å².